The zero-order chi connectivity index (χ0) is 14.3. The Balaban J connectivity index is 1.56. The number of para-hydroxylation sites is 1. The van der Waals surface area contributed by atoms with Gasteiger partial charge in [0, 0.05) is 13.0 Å². The van der Waals surface area contributed by atoms with Gasteiger partial charge in [-0.2, -0.15) is 0 Å². The Morgan fingerprint density at radius 1 is 1.30 bits per heavy atom. The van der Waals surface area contributed by atoms with Crippen LogP contribution in [0.2, 0.25) is 0 Å². The summed E-state index contributed by atoms with van der Waals surface area (Å²) in [6, 6.07) is 9.46. The van der Waals surface area contributed by atoms with Crippen molar-refractivity contribution in [2.45, 2.75) is 25.6 Å². The Bertz CT molecular complexity index is 415. The SMILES string of the molecule is CC1(CCNC(=O)CCOc2ccccc2)OCCO1. The Kier molecular flexibility index (Phi) is 5.38. The number of rotatable bonds is 7. The van der Waals surface area contributed by atoms with Crippen LogP contribution in [0.15, 0.2) is 30.3 Å². The van der Waals surface area contributed by atoms with E-state index in [2.05, 4.69) is 5.32 Å². The highest BCUT2D eigenvalue weighted by molar-refractivity contribution is 5.75. The Hall–Kier alpha value is -1.59. The number of amides is 1. The van der Waals surface area contributed by atoms with E-state index in [1.54, 1.807) is 0 Å². The van der Waals surface area contributed by atoms with E-state index in [0.717, 1.165) is 5.75 Å². The van der Waals surface area contributed by atoms with Crippen LogP contribution >= 0.6 is 0 Å². The van der Waals surface area contributed by atoms with Crippen molar-refractivity contribution in [1.82, 2.24) is 5.32 Å². The highest BCUT2D eigenvalue weighted by Gasteiger charge is 2.30. The molecule has 1 N–H and O–H groups in total. The lowest BCUT2D eigenvalue weighted by Gasteiger charge is -2.22. The molecule has 0 unspecified atom stereocenters. The molecular weight excluding hydrogens is 258 g/mol. The van der Waals surface area contributed by atoms with Gasteiger partial charge in [-0.15, -0.1) is 0 Å². The first-order valence-corrected chi connectivity index (χ1v) is 6.90. The zero-order valence-corrected chi connectivity index (χ0v) is 11.8. The van der Waals surface area contributed by atoms with Gasteiger partial charge in [-0.05, 0) is 19.1 Å². The first kappa shape index (κ1) is 14.8. The van der Waals surface area contributed by atoms with Crippen LogP contribution in [0.25, 0.3) is 0 Å². The van der Waals surface area contributed by atoms with Gasteiger partial charge in [-0.1, -0.05) is 18.2 Å². The fraction of sp³-hybridized carbons (Fsp3) is 0.533. The topological polar surface area (TPSA) is 56.8 Å². The van der Waals surface area contributed by atoms with Crippen LogP contribution < -0.4 is 10.1 Å². The van der Waals surface area contributed by atoms with Gasteiger partial charge < -0.3 is 19.5 Å². The normalized spacial score (nSPS) is 16.9. The molecule has 20 heavy (non-hydrogen) atoms. The molecule has 0 radical (unpaired) electrons. The number of carbonyl (C=O) groups is 1. The summed E-state index contributed by atoms with van der Waals surface area (Å²) < 4.78 is 16.4. The maximum absolute atomic E-state index is 11.6. The maximum atomic E-state index is 11.6. The molecule has 1 aromatic rings. The number of ether oxygens (including phenoxy) is 3. The van der Waals surface area contributed by atoms with Gasteiger partial charge in [-0.3, -0.25) is 4.79 Å². The minimum atomic E-state index is -0.548. The van der Waals surface area contributed by atoms with Crippen LogP contribution in [0.3, 0.4) is 0 Å². The third-order valence-electron chi connectivity index (χ3n) is 3.14. The van der Waals surface area contributed by atoms with Crippen LogP contribution in [0.4, 0.5) is 0 Å². The molecule has 5 heteroatoms. The van der Waals surface area contributed by atoms with Gasteiger partial charge in [-0.25, -0.2) is 0 Å². The third-order valence-corrected chi connectivity index (χ3v) is 3.14. The van der Waals surface area contributed by atoms with Crippen molar-refractivity contribution in [2.75, 3.05) is 26.4 Å². The van der Waals surface area contributed by atoms with Gasteiger partial charge in [0.1, 0.15) is 5.75 Å². The second-order valence-corrected chi connectivity index (χ2v) is 4.84. The van der Waals surface area contributed by atoms with Crippen molar-refractivity contribution in [3.05, 3.63) is 30.3 Å². The average Bonchev–Trinajstić information content (AvgIpc) is 2.87. The molecule has 0 atom stereocenters. The van der Waals surface area contributed by atoms with Crippen molar-refractivity contribution < 1.29 is 19.0 Å². The first-order valence-electron chi connectivity index (χ1n) is 6.90. The molecule has 0 spiro atoms. The third kappa shape index (κ3) is 4.83. The number of nitrogens with one attached hydrogen (secondary N) is 1. The molecular formula is C15H21NO4. The minimum Gasteiger partial charge on any atom is -0.493 e. The Morgan fingerprint density at radius 2 is 2.00 bits per heavy atom. The molecule has 1 saturated heterocycles. The highest BCUT2D eigenvalue weighted by atomic mass is 16.7. The molecule has 110 valence electrons. The summed E-state index contributed by atoms with van der Waals surface area (Å²) in [5.41, 5.74) is 0. The summed E-state index contributed by atoms with van der Waals surface area (Å²) >= 11 is 0. The molecule has 1 aromatic carbocycles. The lowest BCUT2D eigenvalue weighted by atomic mass is 10.2. The van der Waals surface area contributed by atoms with Crippen molar-refractivity contribution in [3.63, 3.8) is 0 Å². The van der Waals surface area contributed by atoms with E-state index in [1.807, 2.05) is 37.3 Å². The van der Waals surface area contributed by atoms with Gasteiger partial charge >= 0.3 is 0 Å². The fourth-order valence-corrected chi connectivity index (χ4v) is 2.00. The van der Waals surface area contributed by atoms with Crippen molar-refractivity contribution in [1.29, 1.82) is 0 Å². The van der Waals surface area contributed by atoms with Crippen LogP contribution in [-0.2, 0) is 14.3 Å². The van der Waals surface area contributed by atoms with Gasteiger partial charge in [0.2, 0.25) is 5.91 Å². The van der Waals surface area contributed by atoms with Gasteiger partial charge in [0.25, 0.3) is 0 Å². The molecule has 0 aromatic heterocycles. The lowest BCUT2D eigenvalue weighted by Crippen LogP contribution is -2.34. The Morgan fingerprint density at radius 3 is 2.70 bits per heavy atom. The van der Waals surface area contributed by atoms with Crippen LogP contribution in [0.1, 0.15) is 19.8 Å². The molecule has 0 saturated carbocycles. The van der Waals surface area contributed by atoms with E-state index < -0.39 is 5.79 Å². The number of benzene rings is 1. The molecule has 1 aliphatic rings. The van der Waals surface area contributed by atoms with E-state index >= 15 is 0 Å². The predicted molar refractivity (Wildman–Crippen MR) is 74.5 cm³/mol. The lowest BCUT2D eigenvalue weighted by molar-refractivity contribution is -0.146. The molecule has 1 amide bonds. The summed E-state index contributed by atoms with van der Waals surface area (Å²) in [5.74, 6) is 0.205. The maximum Gasteiger partial charge on any atom is 0.223 e. The first-order chi connectivity index (χ1) is 9.68. The summed E-state index contributed by atoms with van der Waals surface area (Å²) in [4.78, 5) is 11.6. The molecule has 0 bridgehead atoms. The van der Waals surface area contributed by atoms with E-state index in [4.69, 9.17) is 14.2 Å². The van der Waals surface area contributed by atoms with Crippen molar-refractivity contribution >= 4 is 5.91 Å². The van der Waals surface area contributed by atoms with Gasteiger partial charge in [0.15, 0.2) is 5.79 Å². The molecule has 2 rings (SSSR count). The second-order valence-electron chi connectivity index (χ2n) is 4.84. The van der Waals surface area contributed by atoms with Crippen molar-refractivity contribution in [2.24, 2.45) is 0 Å². The number of hydrogen-bond donors (Lipinski definition) is 1. The largest absolute Gasteiger partial charge is 0.493 e. The fourth-order valence-electron chi connectivity index (χ4n) is 2.00. The van der Waals surface area contributed by atoms with E-state index in [9.17, 15) is 4.79 Å². The highest BCUT2D eigenvalue weighted by Crippen LogP contribution is 2.21. The van der Waals surface area contributed by atoms with E-state index in [1.165, 1.54) is 0 Å². The summed E-state index contributed by atoms with van der Waals surface area (Å²) in [6.45, 7) is 4.05. The number of carbonyl (C=O) groups excluding carboxylic acids is 1. The van der Waals surface area contributed by atoms with Crippen LogP contribution in [0.5, 0.6) is 5.75 Å². The smallest absolute Gasteiger partial charge is 0.223 e. The van der Waals surface area contributed by atoms with E-state index in [-0.39, 0.29) is 5.91 Å². The van der Waals surface area contributed by atoms with Crippen LogP contribution in [-0.4, -0.2) is 38.1 Å². The predicted octanol–water partition coefficient (Wildman–Crippen LogP) is 1.72. The summed E-state index contributed by atoms with van der Waals surface area (Å²) in [5, 5.41) is 2.84. The second kappa shape index (κ2) is 7.26. The standard InChI is InChI=1S/C15H21NO4/c1-15(19-11-12-20-15)8-9-16-14(17)7-10-18-13-5-3-2-4-6-13/h2-6H,7-12H2,1H3,(H,16,17). The Labute approximate surface area is 119 Å². The molecule has 5 nitrogen and oxygen atoms in total. The molecule has 0 aliphatic carbocycles. The molecule has 1 heterocycles. The summed E-state index contributed by atoms with van der Waals surface area (Å²) in [7, 11) is 0. The van der Waals surface area contributed by atoms with E-state index in [0.29, 0.717) is 39.2 Å². The number of hydrogen-bond acceptors (Lipinski definition) is 4. The van der Waals surface area contributed by atoms with Crippen molar-refractivity contribution in [3.8, 4) is 5.75 Å². The average molecular weight is 279 g/mol. The van der Waals surface area contributed by atoms with Crippen LogP contribution in [0, 0.1) is 0 Å². The molecule has 1 aliphatic heterocycles. The summed E-state index contributed by atoms with van der Waals surface area (Å²) in [6.07, 6.45) is 0.992. The van der Waals surface area contributed by atoms with Gasteiger partial charge in [0.05, 0.1) is 26.2 Å². The zero-order valence-electron chi connectivity index (χ0n) is 11.8. The monoisotopic (exact) mass is 279 g/mol. The quantitative estimate of drug-likeness (QED) is 0.825. The minimum absolute atomic E-state index is 0.0254. The molecule has 1 fully saturated rings.